The highest BCUT2D eigenvalue weighted by molar-refractivity contribution is 9.10. The van der Waals surface area contributed by atoms with Gasteiger partial charge in [0.05, 0.1) is 0 Å². The molecule has 3 heteroatoms. The standard InChI is InChI=1S/C18H27BrN2/c1-13(2)18-12-20-10-5-4-7-15(20)11-21(18)17-9-6-8-16(19)14(17)3/h6,8-9,13,15,18H,4-5,7,10-12H2,1-3H3. The van der Waals surface area contributed by atoms with E-state index in [0.29, 0.717) is 12.0 Å². The van der Waals surface area contributed by atoms with Crippen molar-refractivity contribution in [1.29, 1.82) is 0 Å². The number of rotatable bonds is 2. The zero-order valence-corrected chi connectivity index (χ0v) is 15.1. The molecule has 1 aromatic carbocycles. The fourth-order valence-corrected chi connectivity index (χ4v) is 4.32. The second-order valence-corrected chi connectivity index (χ2v) is 7.85. The molecule has 2 fully saturated rings. The molecule has 0 radical (unpaired) electrons. The predicted octanol–water partition coefficient (Wildman–Crippen LogP) is 4.46. The van der Waals surface area contributed by atoms with Crippen LogP contribution in [0.2, 0.25) is 0 Å². The summed E-state index contributed by atoms with van der Waals surface area (Å²) in [6.45, 7) is 10.7. The summed E-state index contributed by atoms with van der Waals surface area (Å²) in [5, 5.41) is 0. The Morgan fingerprint density at radius 3 is 2.76 bits per heavy atom. The lowest BCUT2D eigenvalue weighted by atomic mass is 9.91. The van der Waals surface area contributed by atoms with E-state index in [1.165, 1.54) is 54.6 Å². The van der Waals surface area contributed by atoms with Gasteiger partial charge in [-0.1, -0.05) is 42.3 Å². The Labute approximate surface area is 137 Å². The van der Waals surface area contributed by atoms with Gasteiger partial charge >= 0.3 is 0 Å². The number of fused-ring (bicyclic) bond motifs is 1. The number of piperazine rings is 1. The molecule has 21 heavy (non-hydrogen) atoms. The highest BCUT2D eigenvalue weighted by Crippen LogP contribution is 2.34. The van der Waals surface area contributed by atoms with Crippen molar-refractivity contribution in [2.45, 2.75) is 52.1 Å². The molecule has 0 N–H and O–H groups in total. The topological polar surface area (TPSA) is 6.48 Å². The van der Waals surface area contributed by atoms with Gasteiger partial charge in [-0.3, -0.25) is 4.90 Å². The van der Waals surface area contributed by atoms with E-state index in [2.05, 4.69) is 64.7 Å². The van der Waals surface area contributed by atoms with Crippen molar-refractivity contribution < 1.29 is 0 Å². The molecular formula is C18H27BrN2. The molecule has 1 aromatic rings. The number of benzene rings is 1. The molecule has 0 amide bonds. The van der Waals surface area contributed by atoms with E-state index in [4.69, 9.17) is 0 Å². The first kappa shape index (κ1) is 15.4. The minimum Gasteiger partial charge on any atom is -0.365 e. The van der Waals surface area contributed by atoms with E-state index in [1.54, 1.807) is 0 Å². The number of hydrogen-bond acceptors (Lipinski definition) is 2. The van der Waals surface area contributed by atoms with Crippen LogP contribution in [0.1, 0.15) is 38.7 Å². The van der Waals surface area contributed by atoms with Crippen LogP contribution in [0.5, 0.6) is 0 Å². The highest BCUT2D eigenvalue weighted by Gasteiger charge is 2.36. The van der Waals surface area contributed by atoms with Gasteiger partial charge in [-0.05, 0) is 49.9 Å². The molecule has 3 rings (SSSR count). The van der Waals surface area contributed by atoms with Gasteiger partial charge in [-0.15, -0.1) is 0 Å². The Balaban J connectivity index is 1.92. The molecule has 2 aliphatic heterocycles. The van der Waals surface area contributed by atoms with Crippen LogP contribution in [-0.2, 0) is 0 Å². The summed E-state index contributed by atoms with van der Waals surface area (Å²) in [4.78, 5) is 5.44. The summed E-state index contributed by atoms with van der Waals surface area (Å²) < 4.78 is 1.23. The van der Waals surface area contributed by atoms with Crippen LogP contribution in [0.25, 0.3) is 0 Å². The van der Waals surface area contributed by atoms with Gasteiger partial charge in [0.1, 0.15) is 0 Å². The molecule has 0 aromatic heterocycles. The summed E-state index contributed by atoms with van der Waals surface area (Å²) in [7, 11) is 0. The number of hydrogen-bond donors (Lipinski definition) is 0. The van der Waals surface area contributed by atoms with Crippen LogP contribution >= 0.6 is 15.9 Å². The Hall–Kier alpha value is -0.540. The molecular weight excluding hydrogens is 324 g/mol. The maximum absolute atomic E-state index is 3.70. The maximum atomic E-state index is 3.70. The third-order valence-corrected chi connectivity index (χ3v) is 6.16. The van der Waals surface area contributed by atoms with E-state index in [0.717, 1.165) is 6.04 Å². The zero-order chi connectivity index (χ0) is 15.0. The Kier molecular flexibility index (Phi) is 4.60. The van der Waals surface area contributed by atoms with Crippen molar-refractivity contribution in [3.8, 4) is 0 Å². The van der Waals surface area contributed by atoms with Gasteiger partial charge in [0.15, 0.2) is 0 Å². The molecule has 2 atom stereocenters. The Morgan fingerprint density at radius 2 is 2.00 bits per heavy atom. The largest absolute Gasteiger partial charge is 0.365 e. The van der Waals surface area contributed by atoms with Crippen molar-refractivity contribution in [2.75, 3.05) is 24.5 Å². The van der Waals surface area contributed by atoms with E-state index >= 15 is 0 Å². The van der Waals surface area contributed by atoms with Crippen LogP contribution in [0.15, 0.2) is 22.7 Å². The third kappa shape index (κ3) is 3.00. The third-order valence-electron chi connectivity index (χ3n) is 5.30. The molecule has 2 nitrogen and oxygen atoms in total. The van der Waals surface area contributed by atoms with E-state index in [9.17, 15) is 0 Å². The first-order valence-corrected chi connectivity index (χ1v) is 9.13. The lowest BCUT2D eigenvalue weighted by molar-refractivity contribution is 0.100. The zero-order valence-electron chi connectivity index (χ0n) is 13.5. The number of nitrogens with zero attached hydrogens (tertiary/aromatic N) is 2. The van der Waals surface area contributed by atoms with Crippen molar-refractivity contribution >= 4 is 21.6 Å². The van der Waals surface area contributed by atoms with Crippen LogP contribution in [0.3, 0.4) is 0 Å². The van der Waals surface area contributed by atoms with Crippen molar-refractivity contribution in [3.63, 3.8) is 0 Å². The van der Waals surface area contributed by atoms with Crippen LogP contribution in [0.4, 0.5) is 5.69 Å². The van der Waals surface area contributed by atoms with Gasteiger partial charge in [0, 0.05) is 35.3 Å². The summed E-state index contributed by atoms with van der Waals surface area (Å²) in [6, 6.07) is 8.02. The average Bonchev–Trinajstić information content (AvgIpc) is 2.48. The van der Waals surface area contributed by atoms with Gasteiger partial charge in [0.25, 0.3) is 0 Å². The summed E-state index contributed by atoms with van der Waals surface area (Å²) >= 11 is 3.70. The molecule has 116 valence electrons. The molecule has 0 bridgehead atoms. The number of halogens is 1. The molecule has 2 aliphatic rings. The molecule has 2 heterocycles. The number of anilines is 1. The SMILES string of the molecule is Cc1c(Br)cccc1N1CC2CCCCN2CC1C(C)C. The van der Waals surface area contributed by atoms with Gasteiger partial charge in [0.2, 0.25) is 0 Å². The molecule has 0 aliphatic carbocycles. The first-order chi connectivity index (χ1) is 10.1. The quantitative estimate of drug-likeness (QED) is 0.776. The molecule has 2 unspecified atom stereocenters. The average molecular weight is 351 g/mol. The van der Waals surface area contributed by atoms with Crippen molar-refractivity contribution in [3.05, 3.63) is 28.2 Å². The first-order valence-electron chi connectivity index (χ1n) is 8.33. The monoisotopic (exact) mass is 350 g/mol. The molecule has 0 spiro atoms. The minimum absolute atomic E-state index is 0.632. The molecule has 0 saturated carbocycles. The second kappa shape index (κ2) is 6.29. The van der Waals surface area contributed by atoms with Gasteiger partial charge in [-0.2, -0.15) is 0 Å². The van der Waals surface area contributed by atoms with Crippen LogP contribution < -0.4 is 4.90 Å². The summed E-state index contributed by atoms with van der Waals surface area (Å²) in [5.74, 6) is 0.686. The fourth-order valence-electron chi connectivity index (χ4n) is 3.96. The van der Waals surface area contributed by atoms with Crippen molar-refractivity contribution in [2.24, 2.45) is 5.92 Å². The number of piperidine rings is 1. The van der Waals surface area contributed by atoms with Crippen molar-refractivity contribution in [1.82, 2.24) is 4.90 Å². The predicted molar refractivity (Wildman–Crippen MR) is 94.1 cm³/mol. The summed E-state index contributed by atoms with van der Waals surface area (Å²) in [6.07, 6.45) is 4.16. The highest BCUT2D eigenvalue weighted by atomic mass is 79.9. The van der Waals surface area contributed by atoms with E-state index < -0.39 is 0 Å². The van der Waals surface area contributed by atoms with Gasteiger partial charge in [-0.25, -0.2) is 0 Å². The Morgan fingerprint density at radius 1 is 1.19 bits per heavy atom. The lowest BCUT2D eigenvalue weighted by Crippen LogP contribution is -2.61. The molecule has 2 saturated heterocycles. The van der Waals surface area contributed by atoms with Crippen LogP contribution in [0, 0.1) is 12.8 Å². The van der Waals surface area contributed by atoms with Gasteiger partial charge < -0.3 is 4.90 Å². The van der Waals surface area contributed by atoms with Crippen LogP contribution in [-0.4, -0.2) is 36.6 Å². The summed E-state index contributed by atoms with van der Waals surface area (Å²) in [5.41, 5.74) is 2.81. The van der Waals surface area contributed by atoms with E-state index in [-0.39, 0.29) is 0 Å². The Bertz CT molecular complexity index is 500. The fraction of sp³-hybridized carbons (Fsp3) is 0.667. The maximum Gasteiger partial charge on any atom is 0.0440 e. The minimum atomic E-state index is 0.632. The lowest BCUT2D eigenvalue weighted by Gasteiger charge is -2.51. The van der Waals surface area contributed by atoms with E-state index in [1.807, 2.05) is 0 Å². The second-order valence-electron chi connectivity index (χ2n) is 6.99. The normalized spacial score (nSPS) is 27.0. The smallest absolute Gasteiger partial charge is 0.0440 e.